The van der Waals surface area contributed by atoms with Gasteiger partial charge in [-0.25, -0.2) is 0 Å². The largest absolute Gasteiger partial charge is 0.381 e. The van der Waals surface area contributed by atoms with E-state index in [0.29, 0.717) is 12.0 Å². The number of ether oxygens (including phenoxy) is 1. The first-order chi connectivity index (χ1) is 11.8. The topological polar surface area (TPSA) is 12.5 Å². The molecule has 2 heteroatoms. The molecule has 0 N–H and O–H groups in total. The van der Waals surface area contributed by atoms with Crippen LogP contribution in [0.25, 0.3) is 0 Å². The molecule has 0 radical (unpaired) electrons. The summed E-state index contributed by atoms with van der Waals surface area (Å²) in [5.74, 6) is 1.45. The molecule has 1 aliphatic rings. The van der Waals surface area contributed by atoms with E-state index < -0.39 is 0 Å². The van der Waals surface area contributed by atoms with E-state index >= 15 is 0 Å². The fraction of sp³-hybridized carbons (Fsp3) is 0.826. The lowest BCUT2D eigenvalue weighted by atomic mass is 9.83. The Morgan fingerprint density at radius 3 is 2.44 bits per heavy atom. The van der Waals surface area contributed by atoms with Crippen molar-refractivity contribution in [3.05, 3.63) is 23.3 Å². The van der Waals surface area contributed by atoms with Gasteiger partial charge in [0.15, 0.2) is 0 Å². The van der Waals surface area contributed by atoms with E-state index in [1.54, 1.807) is 0 Å². The molecule has 0 aromatic carbocycles. The second-order valence-corrected chi connectivity index (χ2v) is 8.77. The zero-order valence-electron chi connectivity index (χ0n) is 18.0. The first-order valence-electron chi connectivity index (χ1n) is 10.4. The van der Waals surface area contributed by atoms with Crippen molar-refractivity contribution in [3.63, 3.8) is 0 Å². The number of nitrogens with zero attached hydrogens (tertiary/aromatic N) is 1. The molecule has 0 heterocycles. The Kier molecular flexibility index (Phi) is 10.7. The Balaban J connectivity index is 2.62. The van der Waals surface area contributed by atoms with Gasteiger partial charge in [-0.15, -0.1) is 0 Å². The molecule has 2 nitrogen and oxygen atoms in total. The first kappa shape index (κ1) is 22.4. The summed E-state index contributed by atoms with van der Waals surface area (Å²) in [5.41, 5.74) is 2.96. The van der Waals surface area contributed by atoms with Gasteiger partial charge >= 0.3 is 0 Å². The van der Waals surface area contributed by atoms with Crippen LogP contribution in [0.15, 0.2) is 23.3 Å². The molecule has 3 unspecified atom stereocenters. The van der Waals surface area contributed by atoms with Gasteiger partial charge in [0.05, 0.1) is 6.10 Å². The third kappa shape index (κ3) is 9.06. The van der Waals surface area contributed by atoms with Crippen molar-refractivity contribution in [2.75, 3.05) is 20.2 Å². The molecule has 0 spiro atoms. The summed E-state index contributed by atoms with van der Waals surface area (Å²) in [7, 11) is 1.87. The summed E-state index contributed by atoms with van der Waals surface area (Å²) < 4.78 is 5.66. The molecule has 1 saturated carbocycles. The van der Waals surface area contributed by atoms with Gasteiger partial charge in [0, 0.05) is 19.7 Å². The van der Waals surface area contributed by atoms with Crippen LogP contribution in [-0.2, 0) is 4.74 Å². The molecular weight excluding hydrogens is 306 g/mol. The van der Waals surface area contributed by atoms with Crippen LogP contribution in [0, 0.1) is 11.8 Å². The van der Waals surface area contributed by atoms with Crippen LogP contribution < -0.4 is 0 Å². The summed E-state index contributed by atoms with van der Waals surface area (Å²) in [6, 6.07) is 0.724. The summed E-state index contributed by atoms with van der Waals surface area (Å²) in [4.78, 5) is 2.74. The number of rotatable bonds is 10. The summed E-state index contributed by atoms with van der Waals surface area (Å²) >= 11 is 0. The highest BCUT2D eigenvalue weighted by molar-refractivity contribution is 5.03. The molecule has 0 aliphatic heterocycles. The number of hydrogen-bond donors (Lipinski definition) is 0. The van der Waals surface area contributed by atoms with E-state index in [9.17, 15) is 0 Å². The lowest BCUT2D eigenvalue weighted by molar-refractivity contribution is 0.00157. The van der Waals surface area contributed by atoms with Crippen LogP contribution in [0.4, 0.5) is 0 Å². The van der Waals surface area contributed by atoms with Crippen molar-refractivity contribution in [3.8, 4) is 0 Å². The maximum atomic E-state index is 5.66. The second kappa shape index (κ2) is 11.9. The molecule has 0 aromatic heterocycles. The molecule has 0 bridgehead atoms. The van der Waals surface area contributed by atoms with Crippen LogP contribution in [0.3, 0.4) is 0 Å². The fourth-order valence-corrected chi connectivity index (χ4v) is 3.83. The minimum atomic E-state index is 0.463. The molecule has 146 valence electrons. The molecular formula is C23H43NO. The summed E-state index contributed by atoms with van der Waals surface area (Å²) in [6.45, 7) is 16.0. The standard InChI is InChI=1S/C23H43NO/c1-18(2)9-8-10-20(5)14-16-24(15-13-19(3)4)22-11-12-23(25-7)21(6)17-22/h9,14,19,21-23H,8,10-13,15-17H2,1-7H3/b20-14+. The van der Waals surface area contributed by atoms with Gasteiger partial charge in [-0.1, -0.05) is 44.1 Å². The van der Waals surface area contributed by atoms with Gasteiger partial charge in [-0.05, 0) is 77.7 Å². The minimum Gasteiger partial charge on any atom is -0.381 e. The normalized spacial score (nSPS) is 24.8. The van der Waals surface area contributed by atoms with E-state index in [1.165, 1.54) is 56.2 Å². The molecule has 0 aromatic rings. The van der Waals surface area contributed by atoms with E-state index in [0.717, 1.165) is 18.5 Å². The van der Waals surface area contributed by atoms with Gasteiger partial charge in [0.25, 0.3) is 0 Å². The Morgan fingerprint density at radius 1 is 1.16 bits per heavy atom. The van der Waals surface area contributed by atoms with Gasteiger partial charge in [0.2, 0.25) is 0 Å². The summed E-state index contributed by atoms with van der Waals surface area (Å²) in [5, 5.41) is 0. The zero-order valence-corrected chi connectivity index (χ0v) is 18.0. The highest BCUT2D eigenvalue weighted by Gasteiger charge is 2.30. The maximum Gasteiger partial charge on any atom is 0.0598 e. The molecule has 3 atom stereocenters. The van der Waals surface area contributed by atoms with Gasteiger partial charge < -0.3 is 4.74 Å². The Bertz CT molecular complexity index is 420. The summed E-state index contributed by atoms with van der Waals surface area (Å²) in [6.07, 6.45) is 12.7. The van der Waals surface area contributed by atoms with E-state index in [-0.39, 0.29) is 0 Å². The van der Waals surface area contributed by atoms with Crippen molar-refractivity contribution in [2.45, 2.75) is 92.2 Å². The number of methoxy groups -OCH3 is 1. The van der Waals surface area contributed by atoms with Gasteiger partial charge in [-0.2, -0.15) is 0 Å². The molecule has 1 rings (SSSR count). The van der Waals surface area contributed by atoms with Crippen LogP contribution >= 0.6 is 0 Å². The molecule has 25 heavy (non-hydrogen) atoms. The predicted molar refractivity (Wildman–Crippen MR) is 111 cm³/mol. The van der Waals surface area contributed by atoms with Crippen LogP contribution in [-0.4, -0.2) is 37.2 Å². The Labute approximate surface area is 157 Å². The van der Waals surface area contributed by atoms with Crippen molar-refractivity contribution >= 4 is 0 Å². The average Bonchev–Trinajstić information content (AvgIpc) is 2.54. The van der Waals surface area contributed by atoms with Gasteiger partial charge in [-0.3, -0.25) is 4.90 Å². The van der Waals surface area contributed by atoms with Crippen LogP contribution in [0.1, 0.15) is 80.1 Å². The highest BCUT2D eigenvalue weighted by Crippen LogP contribution is 2.30. The SMILES string of the molecule is COC1CCC(N(C/C=C(\C)CCC=C(C)C)CCC(C)C)CC1C. The third-order valence-corrected chi connectivity index (χ3v) is 5.64. The second-order valence-electron chi connectivity index (χ2n) is 8.77. The Morgan fingerprint density at radius 2 is 1.88 bits per heavy atom. The molecule has 1 fully saturated rings. The van der Waals surface area contributed by atoms with E-state index in [1.807, 2.05) is 7.11 Å². The Hall–Kier alpha value is -0.600. The highest BCUT2D eigenvalue weighted by atomic mass is 16.5. The smallest absolute Gasteiger partial charge is 0.0598 e. The van der Waals surface area contributed by atoms with Crippen molar-refractivity contribution in [1.82, 2.24) is 4.90 Å². The fourth-order valence-electron chi connectivity index (χ4n) is 3.83. The quantitative estimate of drug-likeness (QED) is 0.433. The van der Waals surface area contributed by atoms with E-state index in [4.69, 9.17) is 4.74 Å². The zero-order chi connectivity index (χ0) is 18.8. The number of hydrogen-bond acceptors (Lipinski definition) is 2. The third-order valence-electron chi connectivity index (χ3n) is 5.64. The average molecular weight is 350 g/mol. The lowest BCUT2D eigenvalue weighted by Gasteiger charge is -2.39. The van der Waals surface area contributed by atoms with Crippen molar-refractivity contribution in [1.29, 1.82) is 0 Å². The monoisotopic (exact) mass is 349 g/mol. The first-order valence-corrected chi connectivity index (χ1v) is 10.4. The van der Waals surface area contributed by atoms with Gasteiger partial charge in [0.1, 0.15) is 0 Å². The number of allylic oxidation sites excluding steroid dienone is 3. The lowest BCUT2D eigenvalue weighted by Crippen LogP contribution is -2.43. The van der Waals surface area contributed by atoms with Crippen LogP contribution in [0.5, 0.6) is 0 Å². The predicted octanol–water partition coefficient (Wildman–Crippen LogP) is 6.23. The minimum absolute atomic E-state index is 0.463. The molecule has 1 aliphatic carbocycles. The van der Waals surface area contributed by atoms with E-state index in [2.05, 4.69) is 58.6 Å². The maximum absolute atomic E-state index is 5.66. The molecule has 0 saturated heterocycles. The van der Waals surface area contributed by atoms with Crippen molar-refractivity contribution in [2.24, 2.45) is 11.8 Å². The van der Waals surface area contributed by atoms with Crippen LogP contribution in [0.2, 0.25) is 0 Å². The molecule has 0 amide bonds. The van der Waals surface area contributed by atoms with Crippen molar-refractivity contribution < 1.29 is 4.74 Å².